The minimum Gasteiger partial charge on any atom is -0.333 e. The third kappa shape index (κ3) is 5.86. The number of halogens is 2. The Morgan fingerprint density at radius 2 is 2.04 bits per heavy atom. The van der Waals surface area contributed by atoms with Crippen LogP contribution in [0.25, 0.3) is 6.08 Å². The van der Waals surface area contributed by atoms with E-state index in [1.807, 2.05) is 0 Å². The molecule has 1 fully saturated rings. The van der Waals surface area contributed by atoms with Crippen LogP contribution in [0.2, 0.25) is 5.02 Å². The fourth-order valence-corrected chi connectivity index (χ4v) is 2.65. The van der Waals surface area contributed by atoms with Crippen LogP contribution in [0.4, 0.5) is 4.39 Å². The first-order chi connectivity index (χ1) is 12.0. The molecule has 0 bridgehead atoms. The summed E-state index contributed by atoms with van der Waals surface area (Å²) < 4.78 is 13.6. The molecule has 0 aromatic heterocycles. The topological polar surface area (TPSA) is 78.5 Å². The van der Waals surface area contributed by atoms with Crippen LogP contribution in [0.5, 0.6) is 0 Å². The van der Waals surface area contributed by atoms with E-state index < -0.39 is 17.6 Å². The van der Waals surface area contributed by atoms with Gasteiger partial charge in [0.2, 0.25) is 5.91 Å². The monoisotopic (exact) mass is 367 g/mol. The predicted molar refractivity (Wildman–Crippen MR) is 91.8 cm³/mol. The lowest BCUT2D eigenvalue weighted by molar-refractivity contribution is -0.136. The molecule has 0 saturated carbocycles. The minimum absolute atomic E-state index is 0.0620. The zero-order valence-corrected chi connectivity index (χ0v) is 14.3. The van der Waals surface area contributed by atoms with Crippen LogP contribution in [0.3, 0.4) is 0 Å². The average molecular weight is 368 g/mol. The normalized spacial score (nSPS) is 15.1. The molecule has 2 rings (SSSR count). The second-order valence-corrected chi connectivity index (χ2v) is 6.04. The highest BCUT2D eigenvalue weighted by Gasteiger charge is 2.19. The van der Waals surface area contributed by atoms with Crippen molar-refractivity contribution in [2.24, 2.45) is 0 Å². The number of benzene rings is 1. The largest absolute Gasteiger partial charge is 0.333 e. The highest BCUT2D eigenvalue weighted by atomic mass is 35.5. The Morgan fingerprint density at radius 1 is 1.24 bits per heavy atom. The summed E-state index contributed by atoms with van der Waals surface area (Å²) in [6, 6.07) is 4.19. The summed E-state index contributed by atoms with van der Waals surface area (Å²) in [5, 5.41) is 0.174. The van der Waals surface area contributed by atoms with Crippen molar-refractivity contribution in [2.45, 2.75) is 25.7 Å². The molecule has 1 saturated heterocycles. The van der Waals surface area contributed by atoms with E-state index in [9.17, 15) is 18.8 Å². The third-order valence-corrected chi connectivity index (χ3v) is 4.06. The van der Waals surface area contributed by atoms with Crippen LogP contribution in [-0.2, 0) is 14.4 Å². The fourth-order valence-electron chi connectivity index (χ4n) is 2.42. The number of likely N-dealkylation sites (tertiary alicyclic amines) is 1. The maximum absolute atomic E-state index is 13.6. The zero-order chi connectivity index (χ0) is 18.2. The number of hydrogen-bond donors (Lipinski definition) is 2. The number of nitrogens with one attached hydrogen (secondary N) is 2. The second kappa shape index (κ2) is 9.17. The van der Waals surface area contributed by atoms with E-state index in [0.717, 1.165) is 25.3 Å². The highest BCUT2D eigenvalue weighted by Crippen LogP contribution is 2.20. The maximum Gasteiger partial charge on any atom is 0.262 e. The van der Waals surface area contributed by atoms with Crippen LogP contribution >= 0.6 is 11.6 Å². The number of hydrazine groups is 1. The van der Waals surface area contributed by atoms with Crippen LogP contribution in [-0.4, -0.2) is 35.7 Å². The van der Waals surface area contributed by atoms with Crippen molar-refractivity contribution in [1.29, 1.82) is 0 Å². The molecule has 1 heterocycles. The van der Waals surface area contributed by atoms with Gasteiger partial charge in [-0.2, -0.15) is 0 Å². The Bertz CT molecular complexity index is 673. The summed E-state index contributed by atoms with van der Waals surface area (Å²) in [6.07, 6.45) is 5.36. The highest BCUT2D eigenvalue weighted by molar-refractivity contribution is 6.32. The van der Waals surface area contributed by atoms with Gasteiger partial charge in [0.15, 0.2) is 0 Å². The van der Waals surface area contributed by atoms with E-state index >= 15 is 0 Å². The summed E-state index contributed by atoms with van der Waals surface area (Å²) in [5.74, 6) is -1.76. The van der Waals surface area contributed by atoms with Gasteiger partial charge >= 0.3 is 0 Å². The molecule has 1 aromatic carbocycles. The van der Waals surface area contributed by atoms with Gasteiger partial charge in [-0.05, 0) is 31.1 Å². The summed E-state index contributed by atoms with van der Waals surface area (Å²) in [4.78, 5) is 36.8. The van der Waals surface area contributed by atoms with Crippen molar-refractivity contribution in [3.63, 3.8) is 0 Å². The van der Waals surface area contributed by atoms with E-state index in [1.165, 1.54) is 29.2 Å². The first kappa shape index (κ1) is 18.9. The molecule has 2 N–H and O–H groups in total. The van der Waals surface area contributed by atoms with E-state index in [1.54, 1.807) is 0 Å². The molecule has 3 amide bonds. The number of hydrogen-bond acceptors (Lipinski definition) is 3. The van der Waals surface area contributed by atoms with E-state index in [2.05, 4.69) is 10.9 Å². The summed E-state index contributed by atoms with van der Waals surface area (Å²) in [6.45, 7) is 0.424. The molecule has 6 nitrogen and oxygen atoms in total. The van der Waals surface area contributed by atoms with Crippen molar-refractivity contribution in [3.8, 4) is 0 Å². The van der Waals surface area contributed by atoms with Gasteiger partial charge in [-0.1, -0.05) is 24.1 Å². The van der Waals surface area contributed by atoms with Crippen LogP contribution in [0.15, 0.2) is 24.3 Å². The SMILES string of the molecule is O=C(/C=C/c1c(F)cccc1Cl)NNC(=O)CN1CCCCCC1=O. The molecule has 1 aromatic rings. The van der Waals surface area contributed by atoms with Gasteiger partial charge in [0.1, 0.15) is 12.4 Å². The third-order valence-electron chi connectivity index (χ3n) is 3.73. The number of rotatable bonds is 4. The molecule has 25 heavy (non-hydrogen) atoms. The first-order valence-corrected chi connectivity index (χ1v) is 8.34. The van der Waals surface area contributed by atoms with Gasteiger partial charge in [-0.15, -0.1) is 0 Å². The second-order valence-electron chi connectivity index (χ2n) is 5.63. The van der Waals surface area contributed by atoms with Crippen LogP contribution in [0, 0.1) is 5.82 Å². The maximum atomic E-state index is 13.6. The molecule has 0 atom stereocenters. The van der Waals surface area contributed by atoms with Gasteiger partial charge in [0.05, 0.1) is 5.02 Å². The first-order valence-electron chi connectivity index (χ1n) is 7.96. The molecular formula is C17H19ClFN3O3. The summed E-state index contributed by atoms with van der Waals surface area (Å²) in [5.41, 5.74) is 4.49. The van der Waals surface area contributed by atoms with Crippen molar-refractivity contribution in [1.82, 2.24) is 15.8 Å². The van der Waals surface area contributed by atoms with Crippen molar-refractivity contribution >= 4 is 35.4 Å². The lowest BCUT2D eigenvalue weighted by Gasteiger charge is -2.19. The molecule has 8 heteroatoms. The molecule has 1 aliphatic heterocycles. The van der Waals surface area contributed by atoms with Gasteiger partial charge in [0, 0.05) is 24.6 Å². The fraction of sp³-hybridized carbons (Fsp3) is 0.353. The Morgan fingerprint density at radius 3 is 2.80 bits per heavy atom. The van der Waals surface area contributed by atoms with Crippen molar-refractivity contribution < 1.29 is 18.8 Å². The van der Waals surface area contributed by atoms with Gasteiger partial charge in [-0.25, -0.2) is 4.39 Å². The molecule has 1 aliphatic rings. The Balaban J connectivity index is 1.82. The van der Waals surface area contributed by atoms with Gasteiger partial charge in [0.25, 0.3) is 11.8 Å². The zero-order valence-electron chi connectivity index (χ0n) is 13.6. The Labute approximate surface area is 150 Å². The summed E-state index contributed by atoms with van der Waals surface area (Å²) >= 11 is 5.85. The molecular weight excluding hydrogens is 349 g/mol. The lowest BCUT2D eigenvalue weighted by atomic mass is 10.2. The van der Waals surface area contributed by atoms with E-state index in [-0.39, 0.29) is 23.0 Å². The standard InChI is InChI=1S/C17H19ClFN3O3/c18-13-5-4-6-14(19)12(13)8-9-15(23)20-21-16(24)11-22-10-3-1-2-7-17(22)25/h4-6,8-9H,1-3,7,10-11H2,(H,20,23)(H,21,24)/b9-8+. The predicted octanol–water partition coefficient (Wildman–Crippen LogP) is 2.04. The molecule has 0 unspecified atom stereocenters. The van der Waals surface area contributed by atoms with E-state index in [0.29, 0.717) is 13.0 Å². The number of carbonyl (C=O) groups is 3. The van der Waals surface area contributed by atoms with E-state index in [4.69, 9.17) is 11.6 Å². The lowest BCUT2D eigenvalue weighted by Crippen LogP contribution is -2.47. The minimum atomic E-state index is -0.644. The molecule has 0 aliphatic carbocycles. The number of amides is 3. The molecule has 0 radical (unpaired) electrons. The van der Waals surface area contributed by atoms with Crippen molar-refractivity contribution in [2.75, 3.05) is 13.1 Å². The van der Waals surface area contributed by atoms with Gasteiger partial charge < -0.3 is 4.90 Å². The van der Waals surface area contributed by atoms with Crippen LogP contribution < -0.4 is 10.9 Å². The van der Waals surface area contributed by atoms with Crippen molar-refractivity contribution in [3.05, 3.63) is 40.7 Å². The number of carbonyl (C=O) groups excluding carboxylic acids is 3. The van der Waals surface area contributed by atoms with Gasteiger partial charge in [-0.3, -0.25) is 25.2 Å². The smallest absolute Gasteiger partial charge is 0.262 e. The van der Waals surface area contributed by atoms with Crippen LogP contribution in [0.1, 0.15) is 31.2 Å². The molecule has 134 valence electrons. The number of nitrogens with zero attached hydrogens (tertiary/aromatic N) is 1. The quantitative estimate of drug-likeness (QED) is 0.631. The Hall–Kier alpha value is -2.41. The summed E-state index contributed by atoms with van der Waals surface area (Å²) in [7, 11) is 0. The Kier molecular flexibility index (Phi) is 6.94. The molecule has 0 spiro atoms. The average Bonchev–Trinajstić information content (AvgIpc) is 2.77.